The Morgan fingerprint density at radius 1 is 1.41 bits per heavy atom. The van der Waals surface area contributed by atoms with Crippen LogP contribution in [0, 0.1) is 0 Å². The molecule has 1 aliphatic carbocycles. The third-order valence-corrected chi connectivity index (χ3v) is 3.64. The smallest absolute Gasteiger partial charge is 0.0764 e. The summed E-state index contributed by atoms with van der Waals surface area (Å²) in [5.74, 6) is 0. The standard InChI is InChI=1S/C13H24N4/c1-16-9-7-12(15-16)11-17(10-8-14)13-5-3-2-4-6-13/h7,9,13H,2-6,8,10-11,14H2,1H3. The Labute approximate surface area is 104 Å². The molecule has 1 aromatic rings. The van der Waals surface area contributed by atoms with Crippen LogP contribution in [0.5, 0.6) is 0 Å². The third-order valence-electron chi connectivity index (χ3n) is 3.64. The number of aryl methyl sites for hydroxylation is 1. The van der Waals surface area contributed by atoms with Crippen LogP contribution in [-0.2, 0) is 13.6 Å². The fourth-order valence-electron chi connectivity index (χ4n) is 2.76. The lowest BCUT2D eigenvalue weighted by Gasteiger charge is -2.33. The Morgan fingerprint density at radius 2 is 2.18 bits per heavy atom. The molecule has 17 heavy (non-hydrogen) atoms. The molecule has 0 bridgehead atoms. The average Bonchev–Trinajstić information content (AvgIpc) is 2.75. The Hall–Kier alpha value is -0.870. The molecular formula is C13H24N4. The quantitative estimate of drug-likeness (QED) is 0.843. The molecule has 0 spiro atoms. The van der Waals surface area contributed by atoms with Gasteiger partial charge >= 0.3 is 0 Å². The largest absolute Gasteiger partial charge is 0.329 e. The zero-order valence-electron chi connectivity index (χ0n) is 10.8. The fraction of sp³-hybridized carbons (Fsp3) is 0.769. The predicted octanol–water partition coefficient (Wildman–Crippen LogP) is 1.51. The van der Waals surface area contributed by atoms with Crippen LogP contribution in [0.25, 0.3) is 0 Å². The van der Waals surface area contributed by atoms with Gasteiger partial charge in [-0.1, -0.05) is 19.3 Å². The first-order chi connectivity index (χ1) is 8.29. The van der Waals surface area contributed by atoms with Crippen molar-refractivity contribution in [1.29, 1.82) is 0 Å². The lowest BCUT2D eigenvalue weighted by molar-refractivity contribution is 0.150. The molecule has 2 rings (SSSR count). The van der Waals surface area contributed by atoms with Crippen LogP contribution in [0.3, 0.4) is 0 Å². The van der Waals surface area contributed by atoms with Gasteiger partial charge in [0.1, 0.15) is 0 Å². The number of nitrogens with two attached hydrogens (primary N) is 1. The molecular weight excluding hydrogens is 212 g/mol. The van der Waals surface area contributed by atoms with Gasteiger partial charge in [-0.25, -0.2) is 0 Å². The molecule has 1 saturated carbocycles. The van der Waals surface area contributed by atoms with Gasteiger partial charge in [0.25, 0.3) is 0 Å². The number of nitrogens with zero attached hydrogens (tertiary/aromatic N) is 3. The van der Waals surface area contributed by atoms with E-state index in [1.165, 1.54) is 32.1 Å². The molecule has 0 atom stereocenters. The highest BCUT2D eigenvalue weighted by Gasteiger charge is 2.21. The second-order valence-corrected chi connectivity index (χ2v) is 5.03. The van der Waals surface area contributed by atoms with Crippen LogP contribution < -0.4 is 5.73 Å². The van der Waals surface area contributed by atoms with Crippen LogP contribution in [0.4, 0.5) is 0 Å². The van der Waals surface area contributed by atoms with Crippen molar-refractivity contribution in [2.45, 2.75) is 44.7 Å². The predicted molar refractivity (Wildman–Crippen MR) is 69.5 cm³/mol. The van der Waals surface area contributed by atoms with Gasteiger partial charge in [-0.3, -0.25) is 9.58 Å². The first kappa shape index (κ1) is 12.6. The van der Waals surface area contributed by atoms with E-state index >= 15 is 0 Å². The Kier molecular flexibility index (Phi) is 4.57. The number of hydrogen-bond acceptors (Lipinski definition) is 3. The number of hydrogen-bond donors (Lipinski definition) is 1. The molecule has 4 nitrogen and oxygen atoms in total. The Morgan fingerprint density at radius 3 is 2.76 bits per heavy atom. The normalized spacial score (nSPS) is 17.8. The van der Waals surface area contributed by atoms with Crippen molar-refractivity contribution in [3.8, 4) is 0 Å². The lowest BCUT2D eigenvalue weighted by Crippen LogP contribution is -2.39. The van der Waals surface area contributed by atoms with Gasteiger partial charge in [-0.05, 0) is 18.9 Å². The monoisotopic (exact) mass is 236 g/mol. The van der Waals surface area contributed by atoms with E-state index in [0.717, 1.165) is 25.3 Å². The van der Waals surface area contributed by atoms with Crippen LogP contribution in [0.1, 0.15) is 37.8 Å². The van der Waals surface area contributed by atoms with Crippen molar-refractivity contribution in [2.75, 3.05) is 13.1 Å². The maximum atomic E-state index is 5.73. The van der Waals surface area contributed by atoms with Crippen LogP contribution >= 0.6 is 0 Å². The summed E-state index contributed by atoms with van der Waals surface area (Å²) in [6.07, 6.45) is 8.80. The molecule has 2 N–H and O–H groups in total. The second-order valence-electron chi connectivity index (χ2n) is 5.03. The van der Waals surface area contributed by atoms with Gasteiger partial charge in [-0.2, -0.15) is 5.10 Å². The Balaban J connectivity index is 1.95. The van der Waals surface area contributed by atoms with Gasteiger partial charge < -0.3 is 5.73 Å². The molecule has 96 valence electrons. The first-order valence-electron chi connectivity index (χ1n) is 6.72. The van der Waals surface area contributed by atoms with Crippen LogP contribution in [0.2, 0.25) is 0 Å². The maximum Gasteiger partial charge on any atom is 0.0764 e. The molecule has 1 aliphatic rings. The van der Waals surface area contributed by atoms with Crippen LogP contribution in [-0.4, -0.2) is 33.8 Å². The second kappa shape index (κ2) is 6.17. The van der Waals surface area contributed by atoms with E-state index in [-0.39, 0.29) is 0 Å². The van der Waals surface area contributed by atoms with E-state index in [1.54, 1.807) is 0 Å². The topological polar surface area (TPSA) is 47.1 Å². The highest BCUT2D eigenvalue weighted by Crippen LogP contribution is 2.23. The third kappa shape index (κ3) is 3.54. The zero-order chi connectivity index (χ0) is 12.1. The van der Waals surface area contributed by atoms with Gasteiger partial charge in [0.15, 0.2) is 0 Å². The molecule has 1 fully saturated rings. The summed E-state index contributed by atoms with van der Waals surface area (Å²) in [5.41, 5.74) is 6.89. The minimum atomic E-state index is 0.717. The van der Waals surface area contributed by atoms with Gasteiger partial charge in [0, 0.05) is 38.9 Å². The molecule has 1 heterocycles. The van der Waals surface area contributed by atoms with E-state index < -0.39 is 0 Å². The molecule has 0 aliphatic heterocycles. The van der Waals surface area contributed by atoms with Crippen molar-refractivity contribution in [2.24, 2.45) is 12.8 Å². The molecule has 0 amide bonds. The lowest BCUT2D eigenvalue weighted by atomic mass is 9.94. The summed E-state index contributed by atoms with van der Waals surface area (Å²) in [6.45, 7) is 2.67. The minimum absolute atomic E-state index is 0.717. The Bertz CT molecular complexity index is 328. The average molecular weight is 236 g/mol. The SMILES string of the molecule is Cn1ccc(CN(CCN)C2CCCCC2)n1. The van der Waals surface area contributed by atoms with Crippen molar-refractivity contribution in [3.63, 3.8) is 0 Å². The van der Waals surface area contributed by atoms with E-state index in [9.17, 15) is 0 Å². The summed E-state index contributed by atoms with van der Waals surface area (Å²) >= 11 is 0. The molecule has 4 heteroatoms. The first-order valence-corrected chi connectivity index (χ1v) is 6.72. The molecule has 0 radical (unpaired) electrons. The van der Waals surface area contributed by atoms with Crippen molar-refractivity contribution in [3.05, 3.63) is 18.0 Å². The van der Waals surface area contributed by atoms with Gasteiger partial charge in [0.05, 0.1) is 5.69 Å². The van der Waals surface area contributed by atoms with Gasteiger partial charge in [-0.15, -0.1) is 0 Å². The highest BCUT2D eigenvalue weighted by atomic mass is 15.3. The van der Waals surface area contributed by atoms with E-state index in [1.807, 2.05) is 17.9 Å². The van der Waals surface area contributed by atoms with Crippen molar-refractivity contribution < 1.29 is 0 Å². The fourth-order valence-corrected chi connectivity index (χ4v) is 2.76. The maximum absolute atomic E-state index is 5.73. The van der Waals surface area contributed by atoms with Gasteiger partial charge in [0.2, 0.25) is 0 Å². The molecule has 0 saturated heterocycles. The van der Waals surface area contributed by atoms with Crippen molar-refractivity contribution >= 4 is 0 Å². The minimum Gasteiger partial charge on any atom is -0.329 e. The van der Waals surface area contributed by atoms with Crippen molar-refractivity contribution in [1.82, 2.24) is 14.7 Å². The summed E-state index contributed by atoms with van der Waals surface area (Å²) in [4.78, 5) is 2.52. The summed E-state index contributed by atoms with van der Waals surface area (Å²) < 4.78 is 1.87. The summed E-state index contributed by atoms with van der Waals surface area (Å²) in [5, 5.41) is 4.46. The number of rotatable bonds is 5. The number of aromatic nitrogens is 2. The molecule has 0 unspecified atom stereocenters. The summed E-state index contributed by atoms with van der Waals surface area (Å²) in [7, 11) is 1.97. The van der Waals surface area contributed by atoms with E-state index in [2.05, 4.69) is 16.1 Å². The van der Waals surface area contributed by atoms with E-state index in [0.29, 0.717) is 6.04 Å². The molecule has 0 aromatic carbocycles. The summed E-state index contributed by atoms with van der Waals surface area (Å²) in [6, 6.07) is 2.82. The highest BCUT2D eigenvalue weighted by molar-refractivity contribution is 4.99. The van der Waals surface area contributed by atoms with E-state index in [4.69, 9.17) is 5.73 Å². The van der Waals surface area contributed by atoms with Crippen LogP contribution in [0.15, 0.2) is 12.3 Å². The molecule has 1 aromatic heterocycles. The zero-order valence-corrected chi connectivity index (χ0v) is 10.8.